The minimum atomic E-state index is -3.20. The van der Waals surface area contributed by atoms with Gasteiger partial charge in [0.15, 0.2) is 9.84 Å². The van der Waals surface area contributed by atoms with Gasteiger partial charge in [-0.1, -0.05) is 0 Å². The lowest BCUT2D eigenvalue weighted by Gasteiger charge is -2.06. The second-order valence-electron chi connectivity index (χ2n) is 4.60. The highest BCUT2D eigenvalue weighted by Gasteiger charge is 2.10. The number of sulfone groups is 1. The molecule has 3 rings (SSSR count). The maximum absolute atomic E-state index is 11.4. The van der Waals surface area contributed by atoms with Gasteiger partial charge >= 0.3 is 0 Å². The number of fused-ring (bicyclic) bond motifs is 1. The molecule has 0 radical (unpaired) electrons. The quantitative estimate of drug-likeness (QED) is 0.741. The highest BCUT2D eigenvalue weighted by molar-refractivity contribution is 7.90. The van der Waals surface area contributed by atoms with Crippen molar-refractivity contribution in [3.63, 3.8) is 0 Å². The van der Waals surface area contributed by atoms with Crippen LogP contribution < -0.4 is 4.74 Å². The van der Waals surface area contributed by atoms with Crippen LogP contribution >= 0.6 is 11.3 Å². The predicted molar refractivity (Wildman–Crippen MR) is 81.8 cm³/mol. The van der Waals surface area contributed by atoms with Crippen molar-refractivity contribution in [1.29, 1.82) is 0 Å². The molecule has 3 aromatic rings. The van der Waals surface area contributed by atoms with Gasteiger partial charge in [-0.25, -0.2) is 18.4 Å². The molecule has 0 saturated heterocycles. The third-order valence-corrected chi connectivity index (χ3v) is 4.97. The largest absolute Gasteiger partial charge is 0.438 e. The third-order valence-electron chi connectivity index (χ3n) is 2.88. The molecule has 1 aromatic carbocycles. The monoisotopic (exact) mass is 320 g/mol. The first-order chi connectivity index (χ1) is 9.93. The number of ether oxygens (including phenoxy) is 1. The molecule has 0 bridgehead atoms. The van der Waals surface area contributed by atoms with E-state index in [1.54, 1.807) is 23.5 Å². The third kappa shape index (κ3) is 2.88. The molecule has 7 heteroatoms. The van der Waals surface area contributed by atoms with Gasteiger partial charge in [-0.15, -0.1) is 11.3 Å². The molecule has 2 aromatic heterocycles. The fourth-order valence-electron chi connectivity index (χ4n) is 1.90. The molecule has 0 saturated carbocycles. The lowest BCUT2D eigenvalue weighted by molar-refractivity contribution is 0.468. The van der Waals surface area contributed by atoms with E-state index in [1.807, 2.05) is 13.0 Å². The molecule has 0 aliphatic heterocycles. The molecular weight excluding hydrogens is 308 g/mol. The van der Waals surface area contributed by atoms with Crippen LogP contribution in [0.15, 0.2) is 41.6 Å². The summed E-state index contributed by atoms with van der Waals surface area (Å²) in [5, 5.41) is 0.854. The summed E-state index contributed by atoms with van der Waals surface area (Å²) in [6.07, 6.45) is 2.63. The number of aromatic nitrogens is 2. The van der Waals surface area contributed by atoms with E-state index in [2.05, 4.69) is 9.97 Å². The van der Waals surface area contributed by atoms with Crippen LogP contribution in [0.4, 0.5) is 0 Å². The van der Waals surface area contributed by atoms with Crippen LogP contribution in [0.2, 0.25) is 0 Å². The minimum Gasteiger partial charge on any atom is -0.438 e. The highest BCUT2D eigenvalue weighted by atomic mass is 32.2. The van der Waals surface area contributed by atoms with E-state index in [-0.39, 0.29) is 4.90 Å². The van der Waals surface area contributed by atoms with Gasteiger partial charge in [0.05, 0.1) is 10.3 Å². The van der Waals surface area contributed by atoms with Gasteiger partial charge in [0.1, 0.15) is 16.9 Å². The normalized spacial score (nSPS) is 11.7. The Morgan fingerprint density at radius 3 is 2.52 bits per heavy atom. The van der Waals surface area contributed by atoms with Gasteiger partial charge in [-0.05, 0) is 37.3 Å². The van der Waals surface area contributed by atoms with Crippen molar-refractivity contribution in [1.82, 2.24) is 9.97 Å². The summed E-state index contributed by atoms with van der Waals surface area (Å²) < 4.78 is 28.6. The van der Waals surface area contributed by atoms with Crippen LogP contribution in [0.25, 0.3) is 10.2 Å². The van der Waals surface area contributed by atoms with Gasteiger partial charge in [0.2, 0.25) is 5.88 Å². The van der Waals surface area contributed by atoms with Gasteiger partial charge in [-0.2, -0.15) is 0 Å². The Kier molecular flexibility index (Phi) is 3.38. The van der Waals surface area contributed by atoms with Crippen molar-refractivity contribution in [3.8, 4) is 11.6 Å². The molecule has 0 fully saturated rings. The number of rotatable bonds is 3. The molecule has 0 spiro atoms. The zero-order valence-electron chi connectivity index (χ0n) is 11.4. The molecule has 5 nitrogen and oxygen atoms in total. The minimum absolute atomic E-state index is 0.258. The van der Waals surface area contributed by atoms with Crippen molar-refractivity contribution in [3.05, 3.63) is 41.5 Å². The number of aryl methyl sites for hydroxylation is 1. The molecule has 108 valence electrons. The van der Waals surface area contributed by atoms with Gasteiger partial charge in [-0.3, -0.25) is 0 Å². The van der Waals surface area contributed by atoms with E-state index in [0.29, 0.717) is 11.6 Å². The van der Waals surface area contributed by atoms with E-state index >= 15 is 0 Å². The lowest BCUT2D eigenvalue weighted by atomic mass is 10.3. The maximum atomic E-state index is 11.4. The number of benzene rings is 1. The Balaban J connectivity index is 1.95. The Morgan fingerprint density at radius 1 is 1.14 bits per heavy atom. The molecule has 0 aliphatic rings. The number of thiophene rings is 1. The summed E-state index contributed by atoms with van der Waals surface area (Å²) >= 11 is 1.57. The van der Waals surface area contributed by atoms with Crippen molar-refractivity contribution in [2.24, 2.45) is 0 Å². The van der Waals surface area contributed by atoms with Crippen molar-refractivity contribution in [2.75, 3.05) is 6.26 Å². The first kappa shape index (κ1) is 14.0. The molecule has 0 atom stereocenters. The highest BCUT2D eigenvalue weighted by Crippen LogP contribution is 2.31. The average Bonchev–Trinajstić information content (AvgIpc) is 2.80. The summed E-state index contributed by atoms with van der Waals surface area (Å²) in [4.78, 5) is 10.6. The zero-order chi connectivity index (χ0) is 15.0. The van der Waals surface area contributed by atoms with Crippen LogP contribution in [0.1, 0.15) is 4.88 Å². The van der Waals surface area contributed by atoms with Gasteiger partial charge in [0, 0.05) is 11.1 Å². The number of nitrogens with zero attached hydrogens (tertiary/aromatic N) is 2. The molecule has 0 amide bonds. The van der Waals surface area contributed by atoms with Crippen molar-refractivity contribution >= 4 is 31.4 Å². The first-order valence-electron chi connectivity index (χ1n) is 6.12. The average molecular weight is 320 g/mol. The van der Waals surface area contributed by atoms with Crippen molar-refractivity contribution in [2.45, 2.75) is 11.8 Å². The van der Waals surface area contributed by atoms with Gasteiger partial charge in [0.25, 0.3) is 0 Å². The predicted octanol–water partition coefficient (Wildman–Crippen LogP) is 3.20. The molecule has 0 N–H and O–H groups in total. The second-order valence-corrected chi connectivity index (χ2v) is 7.85. The Morgan fingerprint density at radius 2 is 1.86 bits per heavy atom. The summed E-state index contributed by atoms with van der Waals surface area (Å²) in [6, 6.07) is 8.23. The fourth-order valence-corrected chi connectivity index (χ4v) is 3.37. The van der Waals surface area contributed by atoms with E-state index in [9.17, 15) is 8.42 Å². The van der Waals surface area contributed by atoms with E-state index in [0.717, 1.165) is 15.1 Å². The van der Waals surface area contributed by atoms with Crippen molar-refractivity contribution < 1.29 is 13.2 Å². The molecule has 0 aliphatic carbocycles. The summed E-state index contributed by atoms with van der Waals surface area (Å²) in [7, 11) is -3.20. The van der Waals surface area contributed by atoms with Crippen LogP contribution in [-0.2, 0) is 9.84 Å². The van der Waals surface area contributed by atoms with E-state index in [1.165, 1.54) is 24.7 Å². The molecule has 0 unspecified atom stereocenters. The number of hydrogen-bond acceptors (Lipinski definition) is 6. The van der Waals surface area contributed by atoms with Crippen LogP contribution in [-0.4, -0.2) is 24.6 Å². The summed E-state index contributed by atoms with van der Waals surface area (Å²) in [6.45, 7) is 2.00. The SMILES string of the molecule is Cc1cc2c(Oc3ccc(S(C)(=O)=O)cc3)ncnc2s1. The molecule has 21 heavy (non-hydrogen) atoms. The Hall–Kier alpha value is -1.99. The maximum Gasteiger partial charge on any atom is 0.231 e. The smallest absolute Gasteiger partial charge is 0.231 e. The van der Waals surface area contributed by atoms with E-state index in [4.69, 9.17) is 4.74 Å². The Labute approximate surface area is 126 Å². The Bertz CT molecular complexity index is 900. The number of hydrogen-bond donors (Lipinski definition) is 0. The fraction of sp³-hybridized carbons (Fsp3) is 0.143. The standard InChI is InChI=1S/C14H12N2O3S2/c1-9-7-12-13(15-8-16-14(12)20-9)19-10-3-5-11(6-4-10)21(2,17)18/h3-8H,1-2H3. The lowest BCUT2D eigenvalue weighted by Crippen LogP contribution is -1.96. The second kappa shape index (κ2) is 5.09. The van der Waals surface area contributed by atoms with Gasteiger partial charge < -0.3 is 4.74 Å². The summed E-state index contributed by atoms with van der Waals surface area (Å²) in [5.41, 5.74) is 0. The topological polar surface area (TPSA) is 69.2 Å². The van der Waals surface area contributed by atoms with Crippen LogP contribution in [0.3, 0.4) is 0 Å². The zero-order valence-corrected chi connectivity index (χ0v) is 13.0. The first-order valence-corrected chi connectivity index (χ1v) is 8.83. The summed E-state index contributed by atoms with van der Waals surface area (Å²) in [5.74, 6) is 1.00. The molecular formula is C14H12N2O3S2. The van der Waals surface area contributed by atoms with Crippen LogP contribution in [0, 0.1) is 6.92 Å². The molecule has 2 heterocycles. The van der Waals surface area contributed by atoms with E-state index < -0.39 is 9.84 Å². The van der Waals surface area contributed by atoms with Crippen LogP contribution in [0.5, 0.6) is 11.6 Å².